The van der Waals surface area contributed by atoms with E-state index < -0.39 is 5.79 Å². The number of allylic oxidation sites excluding steroid dienone is 1. The lowest BCUT2D eigenvalue weighted by molar-refractivity contribution is -0.220. The lowest BCUT2D eigenvalue weighted by atomic mass is 9.47. The standard InChI is InChI=1S/C31H49NO5/c1-18(17-32-20(3)33)9-14-31(35)19(2)28-27(37-31)16-26-24-8-7-22-15-23(36-21(4)34)10-12-29(22,5)25(24)11-13-30(26,28)6/h7,18-19,23-28,35H,8-17H2,1-6H3,(H,32,33). The number of fused-ring (bicyclic) bond motifs is 7. The molecule has 11 atom stereocenters. The fourth-order valence-electron chi connectivity index (χ4n) is 9.81. The minimum atomic E-state index is -1.06. The first-order chi connectivity index (χ1) is 17.4. The van der Waals surface area contributed by atoms with Crippen molar-refractivity contribution in [2.24, 2.45) is 46.3 Å². The second kappa shape index (κ2) is 9.66. The monoisotopic (exact) mass is 515 g/mol. The van der Waals surface area contributed by atoms with Gasteiger partial charge in [-0.3, -0.25) is 9.59 Å². The Balaban J connectivity index is 1.28. The van der Waals surface area contributed by atoms with E-state index >= 15 is 0 Å². The maximum atomic E-state index is 11.7. The van der Waals surface area contributed by atoms with Crippen LogP contribution in [0, 0.1) is 46.3 Å². The number of aliphatic hydroxyl groups is 1. The third-order valence-electron chi connectivity index (χ3n) is 11.8. The van der Waals surface area contributed by atoms with Gasteiger partial charge in [0, 0.05) is 39.2 Å². The zero-order valence-electron chi connectivity index (χ0n) is 23.8. The van der Waals surface area contributed by atoms with Gasteiger partial charge >= 0.3 is 5.97 Å². The molecule has 5 aliphatic rings. The molecule has 1 amide bonds. The van der Waals surface area contributed by atoms with Gasteiger partial charge in [0.2, 0.25) is 5.91 Å². The minimum absolute atomic E-state index is 0.00359. The quantitative estimate of drug-likeness (QED) is 0.366. The molecule has 4 aliphatic carbocycles. The summed E-state index contributed by atoms with van der Waals surface area (Å²) in [7, 11) is 0. The van der Waals surface area contributed by atoms with E-state index in [0.29, 0.717) is 42.6 Å². The molecule has 3 saturated carbocycles. The van der Waals surface area contributed by atoms with Gasteiger partial charge in [0.05, 0.1) is 6.10 Å². The first kappa shape index (κ1) is 27.2. The first-order valence-corrected chi connectivity index (χ1v) is 14.9. The van der Waals surface area contributed by atoms with Gasteiger partial charge in [0.1, 0.15) is 6.10 Å². The molecule has 1 saturated heterocycles. The van der Waals surface area contributed by atoms with Crippen molar-refractivity contribution in [3.05, 3.63) is 11.6 Å². The predicted molar refractivity (Wildman–Crippen MR) is 142 cm³/mol. The van der Waals surface area contributed by atoms with Gasteiger partial charge in [-0.15, -0.1) is 0 Å². The topological polar surface area (TPSA) is 84.9 Å². The van der Waals surface area contributed by atoms with Crippen molar-refractivity contribution in [1.82, 2.24) is 5.32 Å². The second-order valence-electron chi connectivity index (χ2n) is 13.9. The summed E-state index contributed by atoms with van der Waals surface area (Å²) in [5.41, 5.74) is 1.95. The van der Waals surface area contributed by atoms with E-state index in [1.807, 2.05) is 0 Å². The maximum Gasteiger partial charge on any atom is 0.302 e. The van der Waals surface area contributed by atoms with Crippen LogP contribution in [0.3, 0.4) is 0 Å². The fraction of sp³-hybridized carbons (Fsp3) is 0.871. The average Bonchev–Trinajstić information content (AvgIpc) is 3.26. The zero-order chi connectivity index (χ0) is 26.8. The maximum absolute atomic E-state index is 11.7. The van der Waals surface area contributed by atoms with Crippen LogP contribution in [0.2, 0.25) is 0 Å². The highest BCUT2D eigenvalue weighted by atomic mass is 16.6. The lowest BCUT2D eigenvalue weighted by Crippen LogP contribution is -2.52. The number of carbonyl (C=O) groups is 2. The van der Waals surface area contributed by atoms with E-state index in [-0.39, 0.29) is 40.8 Å². The Morgan fingerprint density at radius 3 is 2.68 bits per heavy atom. The molecule has 208 valence electrons. The summed E-state index contributed by atoms with van der Waals surface area (Å²) in [6, 6.07) is 0. The molecule has 0 aromatic carbocycles. The van der Waals surface area contributed by atoms with Crippen molar-refractivity contribution < 1.29 is 24.2 Å². The van der Waals surface area contributed by atoms with Crippen LogP contribution < -0.4 is 5.32 Å². The van der Waals surface area contributed by atoms with Crippen molar-refractivity contribution in [2.45, 2.75) is 117 Å². The van der Waals surface area contributed by atoms with Crippen LogP contribution in [0.4, 0.5) is 0 Å². The van der Waals surface area contributed by atoms with Crippen LogP contribution in [0.1, 0.15) is 99.3 Å². The van der Waals surface area contributed by atoms with Crippen molar-refractivity contribution in [1.29, 1.82) is 0 Å². The number of esters is 1. The number of nitrogens with one attached hydrogen (secondary N) is 1. The van der Waals surface area contributed by atoms with Crippen LogP contribution in [-0.2, 0) is 19.1 Å². The van der Waals surface area contributed by atoms with Crippen LogP contribution in [-0.4, -0.2) is 41.5 Å². The SMILES string of the molecule is CC(=O)NCC(C)CCC1(O)OC2CC3C4CC=C5CC(OC(C)=O)CCC5(C)C4CCC3(C)C2C1C. The third-order valence-corrected chi connectivity index (χ3v) is 11.8. The molecule has 0 radical (unpaired) electrons. The Hall–Kier alpha value is -1.40. The molecule has 0 bridgehead atoms. The number of hydrogen-bond donors (Lipinski definition) is 2. The molecule has 2 N–H and O–H groups in total. The minimum Gasteiger partial charge on any atom is -0.462 e. The molecule has 0 aromatic rings. The molecule has 37 heavy (non-hydrogen) atoms. The Bertz CT molecular complexity index is 948. The number of rotatable bonds is 6. The molecular formula is C31H49NO5. The molecule has 1 aliphatic heterocycles. The molecule has 6 nitrogen and oxygen atoms in total. The molecule has 4 fully saturated rings. The van der Waals surface area contributed by atoms with E-state index in [9.17, 15) is 14.7 Å². The van der Waals surface area contributed by atoms with E-state index in [1.165, 1.54) is 25.3 Å². The highest BCUT2D eigenvalue weighted by Gasteiger charge is 2.67. The molecule has 5 rings (SSSR count). The number of ether oxygens (including phenoxy) is 2. The van der Waals surface area contributed by atoms with Gasteiger partial charge < -0.3 is 19.9 Å². The van der Waals surface area contributed by atoms with Crippen LogP contribution in [0.15, 0.2) is 11.6 Å². The summed E-state index contributed by atoms with van der Waals surface area (Å²) < 4.78 is 12.2. The summed E-state index contributed by atoms with van der Waals surface area (Å²) in [6.07, 6.45) is 11.8. The number of amides is 1. The summed E-state index contributed by atoms with van der Waals surface area (Å²) in [5, 5.41) is 14.6. The second-order valence-corrected chi connectivity index (χ2v) is 13.9. The zero-order valence-corrected chi connectivity index (χ0v) is 23.8. The molecule has 1 heterocycles. The van der Waals surface area contributed by atoms with Crippen LogP contribution in [0.5, 0.6) is 0 Å². The summed E-state index contributed by atoms with van der Waals surface area (Å²) in [5.74, 6) is 1.58. The van der Waals surface area contributed by atoms with Crippen molar-refractivity contribution in [3.63, 3.8) is 0 Å². The van der Waals surface area contributed by atoms with Crippen LogP contribution in [0.25, 0.3) is 0 Å². The van der Waals surface area contributed by atoms with Gasteiger partial charge in [-0.1, -0.05) is 39.3 Å². The van der Waals surface area contributed by atoms with Gasteiger partial charge in [-0.2, -0.15) is 0 Å². The molecular weight excluding hydrogens is 466 g/mol. The van der Waals surface area contributed by atoms with E-state index in [2.05, 4.69) is 39.1 Å². The molecule has 0 spiro atoms. The normalized spacial score (nSPS) is 47.1. The first-order valence-electron chi connectivity index (χ1n) is 14.9. The van der Waals surface area contributed by atoms with Gasteiger partial charge in [-0.25, -0.2) is 0 Å². The highest BCUT2D eigenvalue weighted by Crippen LogP contribution is 2.70. The van der Waals surface area contributed by atoms with E-state index in [0.717, 1.165) is 38.5 Å². The lowest BCUT2D eigenvalue weighted by Gasteiger charge is -2.58. The number of hydrogen-bond acceptors (Lipinski definition) is 5. The average molecular weight is 516 g/mol. The smallest absolute Gasteiger partial charge is 0.302 e. The highest BCUT2D eigenvalue weighted by molar-refractivity contribution is 5.72. The molecule has 11 unspecified atom stereocenters. The summed E-state index contributed by atoms with van der Waals surface area (Å²) in [4.78, 5) is 22.8. The Morgan fingerprint density at radius 1 is 1.22 bits per heavy atom. The summed E-state index contributed by atoms with van der Waals surface area (Å²) in [6.45, 7) is 13.1. The van der Waals surface area contributed by atoms with Gasteiger partial charge in [-0.05, 0) is 85.4 Å². The molecule has 6 heteroatoms. The summed E-state index contributed by atoms with van der Waals surface area (Å²) >= 11 is 0. The van der Waals surface area contributed by atoms with Gasteiger partial charge in [0.15, 0.2) is 5.79 Å². The van der Waals surface area contributed by atoms with E-state index in [1.54, 1.807) is 6.92 Å². The Morgan fingerprint density at radius 2 is 1.97 bits per heavy atom. The molecule has 0 aromatic heterocycles. The van der Waals surface area contributed by atoms with E-state index in [4.69, 9.17) is 9.47 Å². The Kier molecular flexibility index (Phi) is 7.09. The largest absolute Gasteiger partial charge is 0.462 e. The Labute approximate surface area is 223 Å². The van der Waals surface area contributed by atoms with Gasteiger partial charge in [0.25, 0.3) is 0 Å². The van der Waals surface area contributed by atoms with Crippen molar-refractivity contribution >= 4 is 11.9 Å². The predicted octanol–water partition coefficient (Wildman–Crippen LogP) is 5.38. The van der Waals surface area contributed by atoms with Crippen molar-refractivity contribution in [2.75, 3.05) is 6.54 Å². The number of carbonyl (C=O) groups excluding carboxylic acids is 2. The van der Waals surface area contributed by atoms with Crippen molar-refractivity contribution in [3.8, 4) is 0 Å². The van der Waals surface area contributed by atoms with Crippen LogP contribution >= 0.6 is 0 Å². The fourth-order valence-corrected chi connectivity index (χ4v) is 9.81. The third kappa shape index (κ3) is 4.58.